The molecule has 0 heterocycles. The van der Waals surface area contributed by atoms with Crippen LogP contribution in [0.1, 0.15) is 309 Å². The molecule has 3 N–H and O–H groups in total. The molecule has 0 radical (unpaired) electrons. The standard InChI is InChI=1S/C71H131N2O6P/c1-6-8-10-12-14-16-18-20-22-24-26-28-30-32-33-34-35-36-37-38-39-41-43-45-47-49-51-53-55-57-59-61-63-65-71(75)72-69(68-79-80(76,77)78-67-66-73(3,4)5)70(74)64-62-60-58-56-54-52-50-48-46-44-42-40-31-29-27-25-23-21-19-17-15-13-11-9-7-2/h8,10,14,16,20,22,26,28,32-33,54,56,62,64,69-70,74H,6-7,9,11-13,15,17-19,21,23-25,27,29-31,34-53,55,57-61,63,65-68H2,1-5H3,(H-,72,75,76,77)/p+1/b10-8-,16-14-,22-20-,28-26-,33-32-,56-54+,64-62+. The fourth-order valence-corrected chi connectivity index (χ4v) is 10.6. The molecule has 0 aromatic carbocycles. The third-order valence-corrected chi connectivity index (χ3v) is 16.1. The minimum atomic E-state index is -4.36. The lowest BCUT2D eigenvalue weighted by Crippen LogP contribution is -2.45. The minimum absolute atomic E-state index is 0.0547. The maximum atomic E-state index is 13.0. The largest absolute Gasteiger partial charge is 0.472 e. The highest BCUT2D eigenvalue weighted by Gasteiger charge is 2.28. The van der Waals surface area contributed by atoms with E-state index in [1.54, 1.807) is 6.08 Å². The monoisotopic (exact) mass is 1140 g/mol. The normalized spacial score (nSPS) is 14.2. The van der Waals surface area contributed by atoms with Gasteiger partial charge in [-0.1, -0.05) is 311 Å². The molecule has 1 amide bonds. The SMILES string of the molecule is CC/C=C\C/C=C\C/C=C\C/C=C\C/C=C\CCCCCCCCCCCCCCCCCCCC(=O)NC(COP(=O)(O)OCC[N+](C)(C)C)C(O)/C=C/CC/C=C/CCCCCCCCCCCCCCCCCCCCC. The fraction of sp³-hybridized carbons (Fsp3) is 0.789. The van der Waals surface area contributed by atoms with Gasteiger partial charge < -0.3 is 19.8 Å². The van der Waals surface area contributed by atoms with Crippen LogP contribution >= 0.6 is 7.82 Å². The number of carbonyl (C=O) groups excluding carboxylic acids is 1. The number of allylic oxidation sites excluding steroid dienone is 13. The van der Waals surface area contributed by atoms with Crippen LogP contribution in [0.2, 0.25) is 0 Å². The van der Waals surface area contributed by atoms with Crippen LogP contribution < -0.4 is 5.32 Å². The first-order chi connectivity index (χ1) is 39.0. The van der Waals surface area contributed by atoms with E-state index in [0.29, 0.717) is 17.4 Å². The van der Waals surface area contributed by atoms with E-state index in [1.807, 2.05) is 27.2 Å². The molecular formula is C71H132N2O6P+. The van der Waals surface area contributed by atoms with E-state index in [9.17, 15) is 19.4 Å². The number of rotatable bonds is 62. The van der Waals surface area contributed by atoms with Crippen LogP contribution in [0.15, 0.2) is 85.1 Å². The van der Waals surface area contributed by atoms with Gasteiger partial charge in [0.25, 0.3) is 0 Å². The van der Waals surface area contributed by atoms with Crippen molar-refractivity contribution in [3.63, 3.8) is 0 Å². The molecule has 0 spiro atoms. The molecule has 0 aromatic rings. The van der Waals surface area contributed by atoms with Crippen molar-refractivity contribution in [2.75, 3.05) is 40.9 Å². The van der Waals surface area contributed by atoms with Crippen LogP contribution in [0.25, 0.3) is 0 Å². The van der Waals surface area contributed by atoms with Crippen molar-refractivity contribution >= 4 is 13.7 Å². The summed E-state index contributed by atoms with van der Waals surface area (Å²) >= 11 is 0. The Hall–Kier alpha value is -2.32. The number of hydrogen-bond donors (Lipinski definition) is 3. The van der Waals surface area contributed by atoms with Gasteiger partial charge in [0, 0.05) is 6.42 Å². The molecule has 0 rings (SSSR count). The zero-order valence-corrected chi connectivity index (χ0v) is 54.2. The van der Waals surface area contributed by atoms with Crippen molar-refractivity contribution < 1.29 is 32.9 Å². The summed E-state index contributed by atoms with van der Waals surface area (Å²) in [4.78, 5) is 23.4. The van der Waals surface area contributed by atoms with Crippen LogP contribution in [0.5, 0.6) is 0 Å². The summed E-state index contributed by atoms with van der Waals surface area (Å²) in [6.45, 7) is 4.72. The highest BCUT2D eigenvalue weighted by molar-refractivity contribution is 7.47. The third-order valence-electron chi connectivity index (χ3n) is 15.1. The Labute approximate surface area is 497 Å². The molecule has 3 unspecified atom stereocenters. The summed E-state index contributed by atoms with van der Waals surface area (Å²) in [7, 11) is 1.56. The van der Waals surface area contributed by atoms with E-state index < -0.39 is 20.0 Å². The lowest BCUT2D eigenvalue weighted by molar-refractivity contribution is -0.870. The van der Waals surface area contributed by atoms with Crippen LogP contribution in [0, 0.1) is 0 Å². The summed E-state index contributed by atoms with van der Waals surface area (Å²) in [5, 5.41) is 14.0. The number of phosphoric ester groups is 1. The van der Waals surface area contributed by atoms with Crippen molar-refractivity contribution in [1.82, 2.24) is 5.32 Å². The fourth-order valence-electron chi connectivity index (χ4n) is 9.85. The molecular weight excluding hydrogens is 1010 g/mol. The number of phosphoric acid groups is 1. The molecule has 0 saturated heterocycles. The van der Waals surface area contributed by atoms with Crippen LogP contribution in [-0.2, 0) is 18.4 Å². The summed E-state index contributed by atoms with van der Waals surface area (Å²) in [5.41, 5.74) is 0. The van der Waals surface area contributed by atoms with Crippen LogP contribution in [-0.4, -0.2) is 73.4 Å². The first kappa shape index (κ1) is 77.7. The lowest BCUT2D eigenvalue weighted by atomic mass is 10.0. The molecule has 0 saturated carbocycles. The number of unbranched alkanes of at least 4 members (excludes halogenated alkanes) is 37. The number of aliphatic hydroxyl groups is 1. The van der Waals surface area contributed by atoms with Gasteiger partial charge in [-0.3, -0.25) is 13.8 Å². The third kappa shape index (κ3) is 63.3. The Bertz CT molecular complexity index is 1580. The number of likely N-dealkylation sites (N-methyl/N-ethyl adjacent to an activating group) is 1. The van der Waals surface area contributed by atoms with E-state index in [4.69, 9.17) is 9.05 Å². The van der Waals surface area contributed by atoms with E-state index in [1.165, 1.54) is 218 Å². The molecule has 8 nitrogen and oxygen atoms in total. The Morgan fingerprint density at radius 3 is 1.15 bits per heavy atom. The molecule has 466 valence electrons. The second kappa shape index (κ2) is 61.2. The zero-order chi connectivity index (χ0) is 58.4. The van der Waals surface area contributed by atoms with Crippen molar-refractivity contribution in [2.24, 2.45) is 0 Å². The van der Waals surface area contributed by atoms with Gasteiger partial charge in [-0.05, 0) is 77.0 Å². The van der Waals surface area contributed by atoms with Crippen molar-refractivity contribution in [3.05, 3.63) is 85.1 Å². The van der Waals surface area contributed by atoms with E-state index >= 15 is 0 Å². The van der Waals surface area contributed by atoms with Gasteiger partial charge >= 0.3 is 7.82 Å². The number of amides is 1. The van der Waals surface area contributed by atoms with E-state index in [-0.39, 0.29) is 19.1 Å². The van der Waals surface area contributed by atoms with Gasteiger partial charge in [0.2, 0.25) is 5.91 Å². The molecule has 9 heteroatoms. The van der Waals surface area contributed by atoms with Gasteiger partial charge in [-0.2, -0.15) is 0 Å². The van der Waals surface area contributed by atoms with Crippen LogP contribution in [0.3, 0.4) is 0 Å². The molecule has 0 aliphatic carbocycles. The summed E-state index contributed by atoms with van der Waals surface area (Å²) in [6.07, 6.45) is 87.2. The van der Waals surface area contributed by atoms with E-state index in [0.717, 1.165) is 70.6 Å². The zero-order valence-electron chi connectivity index (χ0n) is 53.3. The number of hydrogen-bond acceptors (Lipinski definition) is 5. The van der Waals surface area contributed by atoms with Gasteiger partial charge in [0.05, 0.1) is 39.9 Å². The Kier molecular flexibility index (Phi) is 59.5. The Morgan fingerprint density at radius 2 is 0.762 bits per heavy atom. The molecule has 0 aromatic heterocycles. The molecule has 3 atom stereocenters. The average Bonchev–Trinajstić information content (AvgIpc) is 3.42. The number of aliphatic hydroxyl groups excluding tert-OH is 1. The summed E-state index contributed by atoms with van der Waals surface area (Å²) in [6, 6.07) is -0.868. The summed E-state index contributed by atoms with van der Waals surface area (Å²) in [5.74, 6) is -0.185. The van der Waals surface area contributed by atoms with Gasteiger partial charge in [-0.25, -0.2) is 4.57 Å². The quantitative estimate of drug-likeness (QED) is 0.0243. The number of nitrogens with zero attached hydrogens (tertiary/aromatic N) is 1. The number of carbonyl (C=O) groups is 1. The van der Waals surface area contributed by atoms with Gasteiger partial charge in [-0.15, -0.1) is 0 Å². The average molecular weight is 1140 g/mol. The Morgan fingerprint density at radius 1 is 0.438 bits per heavy atom. The maximum Gasteiger partial charge on any atom is 0.472 e. The van der Waals surface area contributed by atoms with Gasteiger partial charge in [0.1, 0.15) is 13.2 Å². The molecule has 80 heavy (non-hydrogen) atoms. The summed E-state index contributed by atoms with van der Waals surface area (Å²) < 4.78 is 23.8. The highest BCUT2D eigenvalue weighted by atomic mass is 31.2. The lowest BCUT2D eigenvalue weighted by Gasteiger charge is -2.25. The van der Waals surface area contributed by atoms with Crippen molar-refractivity contribution in [2.45, 2.75) is 321 Å². The molecule has 0 fully saturated rings. The van der Waals surface area contributed by atoms with Crippen molar-refractivity contribution in [1.29, 1.82) is 0 Å². The van der Waals surface area contributed by atoms with Crippen molar-refractivity contribution in [3.8, 4) is 0 Å². The first-order valence-electron chi connectivity index (χ1n) is 34.0. The smallest absolute Gasteiger partial charge is 0.387 e. The minimum Gasteiger partial charge on any atom is -0.387 e. The molecule has 0 bridgehead atoms. The predicted octanol–water partition coefficient (Wildman–Crippen LogP) is 21.5. The second-order valence-electron chi connectivity index (χ2n) is 24.2. The molecule has 0 aliphatic heterocycles. The maximum absolute atomic E-state index is 13.0. The highest BCUT2D eigenvalue weighted by Crippen LogP contribution is 2.43. The van der Waals surface area contributed by atoms with Gasteiger partial charge in [0.15, 0.2) is 0 Å². The Balaban J connectivity index is 4.11. The topological polar surface area (TPSA) is 105 Å². The number of quaternary nitrogens is 1. The first-order valence-corrected chi connectivity index (χ1v) is 35.5. The number of nitrogens with one attached hydrogen (secondary N) is 1. The second-order valence-corrected chi connectivity index (χ2v) is 25.6. The van der Waals surface area contributed by atoms with E-state index in [2.05, 4.69) is 92.1 Å². The predicted molar refractivity (Wildman–Crippen MR) is 350 cm³/mol. The molecule has 0 aliphatic rings. The van der Waals surface area contributed by atoms with Crippen LogP contribution in [0.4, 0.5) is 0 Å².